The lowest BCUT2D eigenvalue weighted by Gasteiger charge is -2.34. The molecule has 10 heteroatoms. The topological polar surface area (TPSA) is 101 Å². The Labute approximate surface area is 175 Å². The minimum absolute atomic E-state index is 0.0737. The Balaban J connectivity index is 1.39. The van der Waals surface area contributed by atoms with Gasteiger partial charge in [-0.25, -0.2) is 4.79 Å². The molecule has 2 N–H and O–H groups in total. The first-order chi connectivity index (χ1) is 14.5. The number of piperazine rings is 1. The van der Waals surface area contributed by atoms with Gasteiger partial charge in [-0.15, -0.1) is 5.10 Å². The van der Waals surface area contributed by atoms with Crippen molar-refractivity contribution in [1.29, 1.82) is 0 Å². The number of anilines is 1. The molecule has 3 rings (SSSR count). The molecule has 0 unspecified atom stereocenters. The number of aromatic nitrogens is 2. The molecule has 10 nitrogen and oxygen atoms in total. The van der Waals surface area contributed by atoms with Crippen molar-refractivity contribution in [3.63, 3.8) is 0 Å². The van der Waals surface area contributed by atoms with Crippen LogP contribution in [0.2, 0.25) is 0 Å². The lowest BCUT2D eigenvalue weighted by molar-refractivity contribution is 0.0636. The van der Waals surface area contributed by atoms with E-state index < -0.39 is 0 Å². The molecule has 2 aromatic rings. The van der Waals surface area contributed by atoms with E-state index in [0.717, 1.165) is 13.1 Å². The number of hydrogen-bond acceptors (Lipinski definition) is 6. The average molecular weight is 416 g/mol. The fourth-order valence-corrected chi connectivity index (χ4v) is 3.31. The van der Waals surface area contributed by atoms with E-state index in [2.05, 4.69) is 20.6 Å². The van der Waals surface area contributed by atoms with Crippen molar-refractivity contribution in [3.05, 3.63) is 36.0 Å². The zero-order valence-electron chi connectivity index (χ0n) is 17.6. The van der Waals surface area contributed by atoms with Gasteiger partial charge >= 0.3 is 6.03 Å². The number of nitrogens with one attached hydrogen (secondary N) is 2. The summed E-state index contributed by atoms with van der Waals surface area (Å²) in [5.74, 6) is 0.954. The van der Waals surface area contributed by atoms with Crippen LogP contribution in [-0.2, 0) is 7.05 Å². The van der Waals surface area contributed by atoms with Crippen LogP contribution >= 0.6 is 0 Å². The summed E-state index contributed by atoms with van der Waals surface area (Å²) in [5.41, 5.74) is 1.15. The van der Waals surface area contributed by atoms with Crippen LogP contribution in [0.15, 0.2) is 30.5 Å². The Kier molecular flexibility index (Phi) is 7.12. The lowest BCUT2D eigenvalue weighted by Crippen LogP contribution is -2.50. The van der Waals surface area contributed by atoms with Crippen LogP contribution in [0.4, 0.5) is 10.5 Å². The van der Waals surface area contributed by atoms with Crippen LogP contribution in [-0.4, -0.2) is 85.0 Å². The van der Waals surface area contributed by atoms with E-state index in [1.54, 1.807) is 42.1 Å². The number of methoxy groups -OCH3 is 2. The fraction of sp³-hybridized carbons (Fsp3) is 0.450. The Morgan fingerprint density at radius 2 is 1.90 bits per heavy atom. The van der Waals surface area contributed by atoms with E-state index in [1.807, 2.05) is 12.1 Å². The summed E-state index contributed by atoms with van der Waals surface area (Å²) in [6.45, 7) is 3.95. The predicted octanol–water partition coefficient (Wildman–Crippen LogP) is 1.02. The zero-order chi connectivity index (χ0) is 21.5. The number of carbonyl (C=O) groups excluding carboxylic acids is 2. The van der Waals surface area contributed by atoms with Crippen LogP contribution in [0.25, 0.3) is 0 Å². The van der Waals surface area contributed by atoms with Crippen LogP contribution < -0.4 is 20.1 Å². The molecule has 30 heavy (non-hydrogen) atoms. The predicted molar refractivity (Wildman–Crippen MR) is 112 cm³/mol. The number of amides is 3. The fourth-order valence-electron chi connectivity index (χ4n) is 3.31. The number of benzene rings is 1. The Morgan fingerprint density at radius 1 is 1.13 bits per heavy atom. The average Bonchev–Trinajstić information content (AvgIpc) is 3.14. The molecular formula is C20H28N6O4. The molecule has 1 aliphatic rings. The van der Waals surface area contributed by atoms with Gasteiger partial charge in [0.05, 0.1) is 14.2 Å². The molecule has 1 aromatic heterocycles. The van der Waals surface area contributed by atoms with Gasteiger partial charge in [-0.1, -0.05) is 6.07 Å². The van der Waals surface area contributed by atoms with E-state index in [0.29, 0.717) is 49.1 Å². The highest BCUT2D eigenvalue weighted by Gasteiger charge is 2.26. The Morgan fingerprint density at radius 3 is 2.60 bits per heavy atom. The van der Waals surface area contributed by atoms with Gasteiger partial charge in [-0.3, -0.25) is 14.4 Å². The number of hydrogen-bond donors (Lipinski definition) is 2. The van der Waals surface area contributed by atoms with Crippen molar-refractivity contribution < 1.29 is 19.1 Å². The normalized spacial score (nSPS) is 14.3. The number of rotatable bonds is 7. The lowest BCUT2D eigenvalue weighted by atomic mass is 10.2. The molecule has 162 valence electrons. The van der Waals surface area contributed by atoms with Crippen molar-refractivity contribution in [1.82, 2.24) is 24.9 Å². The summed E-state index contributed by atoms with van der Waals surface area (Å²) in [4.78, 5) is 28.8. The maximum Gasteiger partial charge on any atom is 0.319 e. The van der Waals surface area contributed by atoms with Gasteiger partial charge in [0.15, 0.2) is 0 Å². The summed E-state index contributed by atoms with van der Waals surface area (Å²) < 4.78 is 11.9. The van der Waals surface area contributed by atoms with Crippen molar-refractivity contribution >= 4 is 17.6 Å². The quantitative estimate of drug-likeness (QED) is 0.699. The molecule has 0 radical (unpaired) electrons. The monoisotopic (exact) mass is 416 g/mol. The van der Waals surface area contributed by atoms with Gasteiger partial charge in [0.25, 0.3) is 5.91 Å². The summed E-state index contributed by atoms with van der Waals surface area (Å²) in [5, 5.41) is 9.78. The van der Waals surface area contributed by atoms with Gasteiger partial charge in [0.1, 0.15) is 11.3 Å². The maximum absolute atomic E-state index is 12.7. The Hall–Kier alpha value is -3.27. The van der Waals surface area contributed by atoms with Crippen LogP contribution in [0.5, 0.6) is 11.6 Å². The summed E-state index contributed by atoms with van der Waals surface area (Å²) in [7, 11) is 4.85. The first kappa shape index (κ1) is 21.4. The van der Waals surface area contributed by atoms with Gasteiger partial charge in [-0.05, 0) is 12.1 Å². The maximum atomic E-state index is 12.7. The molecule has 1 fully saturated rings. The molecule has 0 bridgehead atoms. The van der Waals surface area contributed by atoms with Crippen LogP contribution in [0.1, 0.15) is 10.4 Å². The third-order valence-corrected chi connectivity index (χ3v) is 4.92. The van der Waals surface area contributed by atoms with Crippen molar-refractivity contribution in [2.45, 2.75) is 0 Å². The van der Waals surface area contributed by atoms with E-state index in [9.17, 15) is 9.59 Å². The molecular weight excluding hydrogens is 388 g/mol. The molecule has 0 saturated carbocycles. The third kappa shape index (κ3) is 5.41. The SMILES string of the molecule is COc1cccc(NC(=O)NCCN2CCN(C(=O)c3cn(C)nc3OC)CC2)c1. The molecule has 0 spiro atoms. The van der Waals surface area contributed by atoms with E-state index in [-0.39, 0.29) is 11.9 Å². The summed E-state index contributed by atoms with van der Waals surface area (Å²) >= 11 is 0. The first-order valence-electron chi connectivity index (χ1n) is 9.78. The highest BCUT2D eigenvalue weighted by atomic mass is 16.5. The number of carbonyl (C=O) groups is 2. The highest BCUT2D eigenvalue weighted by molar-refractivity contribution is 5.96. The first-order valence-corrected chi connectivity index (χ1v) is 9.78. The zero-order valence-corrected chi connectivity index (χ0v) is 17.6. The number of aryl methyl sites for hydroxylation is 1. The van der Waals surface area contributed by atoms with Crippen molar-refractivity contribution in [2.24, 2.45) is 7.05 Å². The highest BCUT2D eigenvalue weighted by Crippen LogP contribution is 2.18. The molecule has 1 aliphatic heterocycles. The minimum Gasteiger partial charge on any atom is -0.497 e. The largest absolute Gasteiger partial charge is 0.497 e. The van der Waals surface area contributed by atoms with E-state index >= 15 is 0 Å². The third-order valence-electron chi connectivity index (χ3n) is 4.92. The molecule has 3 amide bonds. The molecule has 2 heterocycles. The van der Waals surface area contributed by atoms with Gasteiger partial charge in [-0.2, -0.15) is 0 Å². The molecule has 0 atom stereocenters. The minimum atomic E-state index is -0.263. The number of nitrogens with zero attached hydrogens (tertiary/aromatic N) is 4. The van der Waals surface area contributed by atoms with Crippen molar-refractivity contribution in [2.75, 3.05) is 58.8 Å². The van der Waals surface area contributed by atoms with Gasteiger partial charge < -0.3 is 25.0 Å². The summed E-state index contributed by atoms with van der Waals surface area (Å²) in [6.07, 6.45) is 1.68. The summed E-state index contributed by atoms with van der Waals surface area (Å²) in [6, 6.07) is 6.93. The molecule has 1 saturated heterocycles. The second kappa shape index (κ2) is 9.97. The van der Waals surface area contributed by atoms with Crippen LogP contribution in [0, 0.1) is 0 Å². The smallest absolute Gasteiger partial charge is 0.319 e. The number of ether oxygens (including phenoxy) is 2. The number of urea groups is 1. The Bertz CT molecular complexity index is 876. The van der Waals surface area contributed by atoms with Gasteiger partial charge in [0, 0.05) is 64.3 Å². The van der Waals surface area contributed by atoms with E-state index in [4.69, 9.17) is 9.47 Å². The standard InChI is InChI=1S/C20H28N6O4/c1-24-14-17(18(23-24)30-3)19(27)26-11-9-25(10-12-26)8-7-21-20(28)22-15-5-4-6-16(13-15)29-2/h4-6,13-14H,7-12H2,1-3H3,(H2,21,22,28). The van der Waals surface area contributed by atoms with E-state index in [1.165, 1.54) is 7.11 Å². The second-order valence-corrected chi connectivity index (χ2v) is 6.97. The van der Waals surface area contributed by atoms with Gasteiger partial charge in [0.2, 0.25) is 5.88 Å². The second-order valence-electron chi connectivity index (χ2n) is 6.97. The molecule has 0 aliphatic carbocycles. The van der Waals surface area contributed by atoms with Crippen LogP contribution in [0.3, 0.4) is 0 Å². The van der Waals surface area contributed by atoms with Crippen molar-refractivity contribution in [3.8, 4) is 11.6 Å². The molecule has 1 aromatic carbocycles.